The number of halogens is 1. The van der Waals surface area contributed by atoms with E-state index in [1.54, 1.807) is 24.3 Å². The van der Waals surface area contributed by atoms with E-state index in [0.29, 0.717) is 30.5 Å². The van der Waals surface area contributed by atoms with E-state index < -0.39 is 10.0 Å². The molecule has 9 heteroatoms. The number of rotatable bonds is 7. The maximum atomic E-state index is 11.2. The monoisotopic (exact) mass is 504 g/mol. The van der Waals surface area contributed by atoms with Crippen molar-refractivity contribution in [1.29, 1.82) is 0 Å². The van der Waals surface area contributed by atoms with Crippen LogP contribution < -0.4 is 20.5 Å². The first-order valence-corrected chi connectivity index (χ1v) is 9.97. The molecular weight excluding hydrogens is 479 g/mol. The molecule has 0 aliphatic heterocycles. The Morgan fingerprint density at radius 3 is 2.52 bits per heavy atom. The molecule has 2 aromatic carbocycles. The zero-order valence-electron chi connectivity index (χ0n) is 15.5. The summed E-state index contributed by atoms with van der Waals surface area (Å²) in [4.78, 5) is 4.22. The summed E-state index contributed by atoms with van der Waals surface area (Å²) in [5.41, 5.74) is 9.60. The molecule has 0 spiro atoms. The van der Waals surface area contributed by atoms with Gasteiger partial charge >= 0.3 is 0 Å². The molecule has 0 aliphatic rings. The lowest BCUT2D eigenvalue weighted by Crippen LogP contribution is -2.23. The number of aryl methyl sites for hydroxylation is 2. The quantitative estimate of drug-likeness (QED) is 0.233. The highest BCUT2D eigenvalue weighted by Gasteiger charge is 2.03. The van der Waals surface area contributed by atoms with Crippen LogP contribution in [-0.4, -0.2) is 33.8 Å². The number of anilines is 2. The van der Waals surface area contributed by atoms with E-state index in [1.165, 1.54) is 11.1 Å². The number of sulfonamides is 1. The van der Waals surface area contributed by atoms with E-state index in [0.717, 1.165) is 11.9 Å². The van der Waals surface area contributed by atoms with E-state index in [1.807, 2.05) is 32.0 Å². The van der Waals surface area contributed by atoms with Crippen molar-refractivity contribution < 1.29 is 13.2 Å². The second-order valence-corrected chi connectivity index (χ2v) is 7.69. The second-order valence-electron chi connectivity index (χ2n) is 5.94. The normalized spacial score (nSPS) is 11.4. The van der Waals surface area contributed by atoms with Crippen LogP contribution >= 0.6 is 24.0 Å². The molecule has 2 rings (SSSR count). The Morgan fingerprint density at radius 2 is 1.85 bits per heavy atom. The maximum absolute atomic E-state index is 11.2. The van der Waals surface area contributed by atoms with Crippen LogP contribution in [0.25, 0.3) is 0 Å². The Bertz CT molecular complexity index is 901. The summed E-state index contributed by atoms with van der Waals surface area (Å²) in [6.45, 7) is 4.77. The molecule has 0 radical (unpaired) electrons. The Kier molecular flexibility index (Phi) is 8.83. The summed E-state index contributed by atoms with van der Waals surface area (Å²) in [6, 6.07) is 12.7. The highest BCUT2D eigenvalue weighted by atomic mass is 127. The standard InChI is InChI=1S/C18H24N4O3S.HI/c1-13-7-8-15(11-14(13)2)21-18(19)20-9-10-25-17-6-4-5-16(12-17)22-26(3,23)24;/h4-8,11-12,22H,9-10H2,1-3H3,(H3,19,20,21);1H. The van der Waals surface area contributed by atoms with Crippen molar-refractivity contribution in [3.63, 3.8) is 0 Å². The third kappa shape index (κ3) is 8.48. The van der Waals surface area contributed by atoms with Gasteiger partial charge in [-0.3, -0.25) is 4.72 Å². The molecule has 7 nitrogen and oxygen atoms in total. The first-order chi connectivity index (χ1) is 12.2. The fourth-order valence-corrected chi connectivity index (χ4v) is 2.75. The SMILES string of the molecule is Cc1ccc(NC(N)=NCCOc2cccc(NS(C)(=O)=O)c2)cc1C.I. The smallest absolute Gasteiger partial charge is 0.229 e. The third-order valence-electron chi connectivity index (χ3n) is 3.56. The number of guanidine groups is 1. The van der Waals surface area contributed by atoms with Gasteiger partial charge in [-0.25, -0.2) is 13.4 Å². The minimum absolute atomic E-state index is 0. The number of nitrogens with two attached hydrogens (primary N) is 1. The average molecular weight is 504 g/mol. The van der Waals surface area contributed by atoms with E-state index in [4.69, 9.17) is 10.5 Å². The van der Waals surface area contributed by atoms with Gasteiger partial charge in [-0.1, -0.05) is 12.1 Å². The topological polar surface area (TPSA) is 106 Å². The Morgan fingerprint density at radius 1 is 1.11 bits per heavy atom. The summed E-state index contributed by atoms with van der Waals surface area (Å²) in [7, 11) is -3.32. The van der Waals surface area contributed by atoms with Crippen molar-refractivity contribution in [2.45, 2.75) is 13.8 Å². The van der Waals surface area contributed by atoms with Gasteiger partial charge in [0.1, 0.15) is 12.4 Å². The lowest BCUT2D eigenvalue weighted by molar-refractivity contribution is 0.329. The van der Waals surface area contributed by atoms with Crippen LogP contribution in [-0.2, 0) is 10.0 Å². The lowest BCUT2D eigenvalue weighted by atomic mass is 10.1. The molecule has 148 valence electrons. The van der Waals surface area contributed by atoms with Gasteiger partial charge in [0, 0.05) is 11.8 Å². The van der Waals surface area contributed by atoms with Crippen molar-refractivity contribution in [3.05, 3.63) is 53.6 Å². The van der Waals surface area contributed by atoms with Gasteiger partial charge in [0.15, 0.2) is 5.96 Å². The molecule has 0 heterocycles. The molecule has 0 unspecified atom stereocenters. The van der Waals surface area contributed by atoms with E-state index >= 15 is 0 Å². The zero-order valence-corrected chi connectivity index (χ0v) is 18.7. The summed E-state index contributed by atoms with van der Waals surface area (Å²) in [5, 5.41) is 3.04. The first kappa shape index (κ1) is 23.0. The van der Waals surface area contributed by atoms with Crippen LogP contribution in [0.2, 0.25) is 0 Å². The minimum atomic E-state index is -3.32. The van der Waals surface area contributed by atoms with Crippen LogP contribution in [0.1, 0.15) is 11.1 Å². The van der Waals surface area contributed by atoms with Gasteiger partial charge in [-0.05, 0) is 49.2 Å². The molecule has 0 bridgehead atoms. The highest BCUT2D eigenvalue weighted by molar-refractivity contribution is 14.0. The van der Waals surface area contributed by atoms with Crippen molar-refractivity contribution in [2.75, 3.05) is 29.4 Å². The van der Waals surface area contributed by atoms with Gasteiger partial charge in [0.2, 0.25) is 10.0 Å². The number of ether oxygens (including phenoxy) is 1. The number of hydrogen-bond donors (Lipinski definition) is 3. The van der Waals surface area contributed by atoms with E-state index in [2.05, 4.69) is 15.0 Å². The summed E-state index contributed by atoms with van der Waals surface area (Å²) >= 11 is 0. The highest BCUT2D eigenvalue weighted by Crippen LogP contribution is 2.18. The molecule has 0 amide bonds. The Hall–Kier alpha value is -2.01. The van der Waals surface area contributed by atoms with Gasteiger partial charge in [-0.15, -0.1) is 24.0 Å². The van der Waals surface area contributed by atoms with Gasteiger partial charge in [0.25, 0.3) is 0 Å². The minimum Gasteiger partial charge on any atom is -0.492 e. The molecular formula is C18H25IN4O3S. The van der Waals surface area contributed by atoms with Crippen LogP contribution in [0.15, 0.2) is 47.5 Å². The van der Waals surface area contributed by atoms with Crippen LogP contribution in [0.4, 0.5) is 11.4 Å². The predicted octanol–water partition coefficient (Wildman–Crippen LogP) is 3.10. The third-order valence-corrected chi connectivity index (χ3v) is 4.17. The second kappa shape index (κ2) is 10.4. The average Bonchev–Trinajstić information content (AvgIpc) is 2.54. The van der Waals surface area contributed by atoms with Gasteiger partial charge < -0.3 is 15.8 Å². The Balaban J connectivity index is 0.00000364. The fraction of sp³-hybridized carbons (Fsp3) is 0.278. The first-order valence-electron chi connectivity index (χ1n) is 8.08. The number of hydrogen-bond acceptors (Lipinski definition) is 4. The lowest BCUT2D eigenvalue weighted by Gasteiger charge is -2.09. The van der Waals surface area contributed by atoms with Crippen molar-refractivity contribution in [3.8, 4) is 5.75 Å². The molecule has 0 atom stereocenters. The summed E-state index contributed by atoms with van der Waals surface area (Å²) < 4.78 is 30.5. The Labute approximate surface area is 177 Å². The number of benzene rings is 2. The van der Waals surface area contributed by atoms with Crippen LogP contribution in [0.5, 0.6) is 5.75 Å². The van der Waals surface area contributed by atoms with Crippen LogP contribution in [0, 0.1) is 13.8 Å². The number of nitrogens with one attached hydrogen (secondary N) is 2. The van der Waals surface area contributed by atoms with Crippen molar-refractivity contribution in [2.24, 2.45) is 10.7 Å². The van der Waals surface area contributed by atoms with E-state index in [9.17, 15) is 8.42 Å². The molecule has 4 N–H and O–H groups in total. The fourth-order valence-electron chi connectivity index (χ4n) is 2.20. The van der Waals surface area contributed by atoms with Crippen molar-refractivity contribution >= 4 is 51.3 Å². The predicted molar refractivity (Wildman–Crippen MR) is 122 cm³/mol. The van der Waals surface area contributed by atoms with Crippen molar-refractivity contribution in [1.82, 2.24) is 0 Å². The summed E-state index contributed by atoms with van der Waals surface area (Å²) in [5.74, 6) is 0.860. The molecule has 2 aromatic rings. The summed E-state index contributed by atoms with van der Waals surface area (Å²) in [6.07, 6.45) is 1.10. The van der Waals surface area contributed by atoms with E-state index in [-0.39, 0.29) is 24.0 Å². The van der Waals surface area contributed by atoms with Crippen LogP contribution in [0.3, 0.4) is 0 Å². The number of aliphatic imine (C=N–C) groups is 1. The molecule has 0 aliphatic carbocycles. The van der Waals surface area contributed by atoms with Gasteiger partial charge in [0.05, 0.1) is 18.5 Å². The zero-order chi connectivity index (χ0) is 19.2. The largest absolute Gasteiger partial charge is 0.492 e. The molecule has 0 saturated carbocycles. The van der Waals surface area contributed by atoms with Gasteiger partial charge in [-0.2, -0.15) is 0 Å². The molecule has 0 saturated heterocycles. The molecule has 0 fully saturated rings. The molecule has 0 aromatic heterocycles. The number of nitrogens with zero attached hydrogens (tertiary/aromatic N) is 1. The molecule has 27 heavy (non-hydrogen) atoms. The maximum Gasteiger partial charge on any atom is 0.229 e.